The van der Waals surface area contributed by atoms with Gasteiger partial charge in [0, 0.05) is 0 Å². The van der Waals surface area contributed by atoms with Gasteiger partial charge in [0.2, 0.25) is 0 Å². The molecule has 0 aliphatic rings. The van der Waals surface area contributed by atoms with E-state index in [2.05, 4.69) is 15.0 Å². The van der Waals surface area contributed by atoms with Crippen molar-refractivity contribution in [2.24, 2.45) is 0 Å². The Labute approximate surface area is 145 Å². The average Bonchev–Trinajstić information content (AvgIpc) is 3.17. The zero-order valence-corrected chi connectivity index (χ0v) is 14.6. The average molecular weight is 366 g/mol. The maximum absolute atomic E-state index is 10.8. The summed E-state index contributed by atoms with van der Waals surface area (Å²) in [5.74, 6) is 1.34. The number of fused-ring (bicyclic) bond motifs is 1. The van der Waals surface area contributed by atoms with Gasteiger partial charge in [-0.2, -0.15) is 0 Å². The molecule has 0 radical (unpaired) electrons. The van der Waals surface area contributed by atoms with E-state index in [4.69, 9.17) is 9.47 Å². The van der Waals surface area contributed by atoms with Crippen molar-refractivity contribution < 1.29 is 14.4 Å². The molecule has 24 heavy (non-hydrogen) atoms. The molecule has 2 heterocycles. The Morgan fingerprint density at radius 2 is 2.00 bits per heavy atom. The summed E-state index contributed by atoms with van der Waals surface area (Å²) in [6.45, 7) is 4.86. The summed E-state index contributed by atoms with van der Waals surface area (Å²) in [6, 6.07) is 3.65. The highest BCUT2D eigenvalue weighted by molar-refractivity contribution is 8.00. The number of benzene rings is 1. The molecule has 0 unspecified atom stereocenters. The molecular formula is C14H14N4O4S2. The molecule has 0 amide bonds. The number of rotatable bonds is 7. The first-order valence-electron chi connectivity index (χ1n) is 7.18. The Hall–Kier alpha value is -2.33. The van der Waals surface area contributed by atoms with Gasteiger partial charge in [0.25, 0.3) is 0 Å². The molecule has 0 bridgehead atoms. The number of thiazole rings is 1. The third-order valence-corrected chi connectivity index (χ3v) is 4.89. The van der Waals surface area contributed by atoms with Gasteiger partial charge in [0.1, 0.15) is 28.7 Å². The zero-order valence-electron chi connectivity index (χ0n) is 12.9. The second kappa shape index (κ2) is 7.05. The van der Waals surface area contributed by atoms with Crippen LogP contribution < -0.4 is 9.47 Å². The highest BCUT2D eigenvalue weighted by Gasteiger charge is 2.17. The lowest BCUT2D eigenvalue weighted by atomic mass is 10.2. The second-order valence-corrected chi connectivity index (χ2v) is 6.76. The smallest absolute Gasteiger partial charge is 0.344 e. The molecule has 0 aliphatic heterocycles. The van der Waals surface area contributed by atoms with E-state index in [0.717, 1.165) is 16.9 Å². The fourth-order valence-corrected chi connectivity index (χ4v) is 3.77. The first kappa shape index (κ1) is 16.5. The Morgan fingerprint density at radius 1 is 1.29 bits per heavy atom. The van der Waals surface area contributed by atoms with Crippen LogP contribution in [0.25, 0.3) is 11.0 Å². The van der Waals surface area contributed by atoms with Gasteiger partial charge in [-0.1, -0.05) is 0 Å². The Morgan fingerprint density at radius 3 is 2.67 bits per heavy atom. The molecular weight excluding hydrogens is 352 g/mol. The van der Waals surface area contributed by atoms with Crippen molar-refractivity contribution in [1.29, 1.82) is 0 Å². The lowest BCUT2D eigenvalue weighted by molar-refractivity contribution is -0.380. The van der Waals surface area contributed by atoms with Gasteiger partial charge >= 0.3 is 5.00 Å². The number of H-pyrrole nitrogens is 1. The van der Waals surface area contributed by atoms with Crippen molar-refractivity contribution in [2.75, 3.05) is 13.2 Å². The number of nitro groups is 1. The van der Waals surface area contributed by atoms with Gasteiger partial charge in [0.05, 0.1) is 18.1 Å². The molecule has 3 aromatic rings. The normalized spacial score (nSPS) is 10.9. The molecule has 0 atom stereocenters. The molecule has 0 saturated carbocycles. The van der Waals surface area contributed by atoms with E-state index in [1.54, 1.807) is 0 Å². The number of nitrogens with zero attached hydrogens (tertiary/aromatic N) is 3. The van der Waals surface area contributed by atoms with Crippen molar-refractivity contribution in [3.63, 3.8) is 0 Å². The summed E-state index contributed by atoms with van der Waals surface area (Å²) in [7, 11) is 0. The third-order valence-electron chi connectivity index (χ3n) is 2.98. The van der Waals surface area contributed by atoms with E-state index in [9.17, 15) is 10.1 Å². The maximum atomic E-state index is 10.8. The summed E-state index contributed by atoms with van der Waals surface area (Å²) in [5.41, 5.74) is 1.40. The van der Waals surface area contributed by atoms with Crippen LogP contribution in [0.3, 0.4) is 0 Å². The molecule has 126 valence electrons. The number of ether oxygens (including phenoxy) is 2. The van der Waals surface area contributed by atoms with Crippen LogP contribution in [0.15, 0.2) is 27.8 Å². The maximum Gasteiger partial charge on any atom is 0.344 e. The van der Waals surface area contributed by atoms with Gasteiger partial charge in [-0.3, -0.25) is 10.1 Å². The summed E-state index contributed by atoms with van der Waals surface area (Å²) >= 11 is 2.24. The van der Waals surface area contributed by atoms with E-state index in [-0.39, 0.29) is 5.00 Å². The number of hydrogen-bond acceptors (Lipinski definition) is 8. The van der Waals surface area contributed by atoms with Crippen molar-refractivity contribution in [3.8, 4) is 11.5 Å². The molecule has 0 aliphatic carbocycles. The second-order valence-electron chi connectivity index (χ2n) is 4.52. The molecule has 0 spiro atoms. The van der Waals surface area contributed by atoms with Crippen molar-refractivity contribution >= 4 is 39.1 Å². The number of aromatic amines is 1. The highest BCUT2D eigenvalue weighted by atomic mass is 32.2. The van der Waals surface area contributed by atoms with Crippen LogP contribution in [0.4, 0.5) is 5.00 Å². The van der Waals surface area contributed by atoms with Gasteiger partial charge in [-0.05, 0) is 49.1 Å². The third kappa shape index (κ3) is 3.29. The topological polar surface area (TPSA) is 103 Å². The number of imidazole rings is 1. The van der Waals surface area contributed by atoms with Crippen molar-refractivity contribution in [1.82, 2.24) is 15.0 Å². The monoisotopic (exact) mass is 366 g/mol. The van der Waals surface area contributed by atoms with E-state index >= 15 is 0 Å². The van der Waals surface area contributed by atoms with Crippen LogP contribution >= 0.6 is 23.1 Å². The Kier molecular flexibility index (Phi) is 4.86. The fourth-order valence-electron chi connectivity index (χ4n) is 2.08. The number of hydrogen-bond donors (Lipinski definition) is 1. The van der Waals surface area contributed by atoms with Crippen LogP contribution in [-0.2, 0) is 0 Å². The summed E-state index contributed by atoms with van der Waals surface area (Å²) in [5, 5.41) is 11.3. The van der Waals surface area contributed by atoms with E-state index in [1.165, 1.54) is 18.0 Å². The molecule has 1 aromatic carbocycles. The van der Waals surface area contributed by atoms with Crippen molar-refractivity contribution in [2.45, 2.75) is 23.3 Å². The molecule has 0 saturated heterocycles. The van der Waals surface area contributed by atoms with E-state index in [0.29, 0.717) is 39.7 Å². The standard InChI is InChI=1S/C14H14N4O4S2/c1-3-21-8-5-6-9(22-4-2)12-11(8)16-13(17-12)24-14-15-7-10(23-14)18(19)20/h5-7H,3-4H2,1-2H3,(H,16,17). The summed E-state index contributed by atoms with van der Waals surface area (Å²) in [6.07, 6.45) is 1.24. The lowest BCUT2D eigenvalue weighted by Crippen LogP contribution is -1.95. The van der Waals surface area contributed by atoms with Gasteiger partial charge in [0.15, 0.2) is 9.50 Å². The first-order chi connectivity index (χ1) is 11.6. The molecule has 1 N–H and O–H groups in total. The van der Waals surface area contributed by atoms with Crippen LogP contribution in [0.5, 0.6) is 11.5 Å². The predicted octanol–water partition coefficient (Wildman–Crippen LogP) is 3.88. The zero-order chi connectivity index (χ0) is 17.1. The molecule has 2 aromatic heterocycles. The van der Waals surface area contributed by atoms with Crippen molar-refractivity contribution in [3.05, 3.63) is 28.4 Å². The number of aromatic nitrogens is 3. The van der Waals surface area contributed by atoms with E-state index < -0.39 is 4.92 Å². The Bertz CT molecular complexity index is 834. The van der Waals surface area contributed by atoms with E-state index in [1.807, 2.05) is 26.0 Å². The minimum Gasteiger partial charge on any atom is -0.492 e. The minimum absolute atomic E-state index is 0.00128. The highest BCUT2D eigenvalue weighted by Crippen LogP contribution is 2.37. The first-order valence-corrected chi connectivity index (χ1v) is 8.82. The molecule has 0 fully saturated rings. The van der Waals surface area contributed by atoms with Gasteiger partial charge < -0.3 is 14.5 Å². The largest absolute Gasteiger partial charge is 0.492 e. The van der Waals surface area contributed by atoms with Gasteiger partial charge in [-0.25, -0.2) is 9.97 Å². The fraction of sp³-hybridized carbons (Fsp3) is 0.286. The van der Waals surface area contributed by atoms with Crippen LogP contribution in [0.1, 0.15) is 13.8 Å². The minimum atomic E-state index is -0.458. The summed E-state index contributed by atoms with van der Waals surface area (Å²) in [4.78, 5) is 22.0. The van der Waals surface area contributed by atoms with Crippen LogP contribution in [0, 0.1) is 10.1 Å². The molecule has 8 nitrogen and oxygen atoms in total. The molecule has 3 rings (SSSR count). The quantitative estimate of drug-likeness (QED) is 0.500. The van der Waals surface area contributed by atoms with Gasteiger partial charge in [-0.15, -0.1) is 0 Å². The summed E-state index contributed by atoms with van der Waals surface area (Å²) < 4.78 is 11.8. The van der Waals surface area contributed by atoms with Crippen LogP contribution in [-0.4, -0.2) is 33.1 Å². The molecule has 10 heteroatoms. The van der Waals surface area contributed by atoms with Crippen LogP contribution in [0.2, 0.25) is 0 Å². The Balaban J connectivity index is 1.97. The predicted molar refractivity (Wildman–Crippen MR) is 91.3 cm³/mol. The lowest BCUT2D eigenvalue weighted by Gasteiger charge is -2.07. The SMILES string of the molecule is CCOc1ccc(OCC)c2[nH]c(Sc3ncc([N+](=O)[O-])s3)nc12. The number of nitrogens with one attached hydrogen (secondary N) is 1.